The van der Waals surface area contributed by atoms with E-state index in [0.29, 0.717) is 22.9 Å². The van der Waals surface area contributed by atoms with Crippen LogP contribution in [-0.4, -0.2) is 41.7 Å². The highest BCUT2D eigenvalue weighted by Gasteiger charge is 2.69. The smallest absolute Gasteiger partial charge is 0.305 e. The SMILES string of the molecule is COc1cc([C@H]2c3sc(=O)[nH]c3SC3C2[C@H]2C[C@@H]3C3C(=O)N(c4ccc(Br)cc4)C(=O)C32)ccc1OCC(=O)Nc1cccc(C)c1. The molecule has 1 saturated heterocycles. The van der Waals surface area contributed by atoms with E-state index in [1.165, 1.54) is 16.2 Å². The molecule has 47 heavy (non-hydrogen) atoms. The zero-order valence-corrected chi connectivity index (χ0v) is 28.6. The number of methoxy groups -OCH3 is 1. The van der Waals surface area contributed by atoms with Crippen LogP contribution in [-0.2, 0) is 14.4 Å². The zero-order chi connectivity index (χ0) is 32.6. The molecule has 4 unspecified atom stereocenters. The van der Waals surface area contributed by atoms with Gasteiger partial charge in [0.05, 0.1) is 29.7 Å². The average Bonchev–Trinajstić information content (AvgIpc) is 3.79. The lowest BCUT2D eigenvalue weighted by atomic mass is 9.68. The van der Waals surface area contributed by atoms with Crippen molar-refractivity contribution in [1.29, 1.82) is 0 Å². The monoisotopic (exact) mass is 731 g/mol. The summed E-state index contributed by atoms with van der Waals surface area (Å²) >= 11 is 6.30. The molecule has 3 aromatic carbocycles. The molecule has 2 bridgehead atoms. The Morgan fingerprint density at radius 2 is 1.77 bits per heavy atom. The number of fused-ring (bicyclic) bond motifs is 9. The third kappa shape index (κ3) is 5.03. The van der Waals surface area contributed by atoms with Crippen molar-refractivity contribution in [3.63, 3.8) is 0 Å². The third-order valence-corrected chi connectivity index (χ3v) is 13.1. The van der Waals surface area contributed by atoms with Gasteiger partial charge in [0.1, 0.15) is 0 Å². The summed E-state index contributed by atoms with van der Waals surface area (Å²) in [6.45, 7) is 1.76. The normalized spacial score (nSPS) is 27.0. The molecule has 12 heteroatoms. The van der Waals surface area contributed by atoms with Crippen LogP contribution in [0.25, 0.3) is 0 Å². The molecule has 8 rings (SSSR count). The quantitative estimate of drug-likeness (QED) is 0.217. The Kier molecular flexibility index (Phi) is 7.57. The van der Waals surface area contributed by atoms with E-state index in [1.807, 2.05) is 55.5 Å². The lowest BCUT2D eigenvalue weighted by Crippen LogP contribution is -2.42. The number of H-pyrrole nitrogens is 1. The number of nitrogens with one attached hydrogen (secondary N) is 2. The van der Waals surface area contributed by atoms with Gasteiger partial charge in [-0.15, -0.1) is 11.8 Å². The maximum atomic E-state index is 14.0. The number of thioether (sulfide) groups is 1. The van der Waals surface area contributed by atoms with Crippen molar-refractivity contribution in [3.8, 4) is 11.5 Å². The van der Waals surface area contributed by atoms with E-state index in [-0.39, 0.29) is 64.0 Å². The number of amides is 3. The first-order valence-electron chi connectivity index (χ1n) is 15.4. The summed E-state index contributed by atoms with van der Waals surface area (Å²) in [5.41, 5.74) is 3.27. The number of benzene rings is 3. The molecule has 2 N–H and O–H groups in total. The fraction of sp³-hybridized carbons (Fsp3) is 0.314. The summed E-state index contributed by atoms with van der Waals surface area (Å²) in [5.74, 6) is -0.525. The number of aryl methyl sites for hydroxylation is 1. The lowest BCUT2D eigenvalue weighted by molar-refractivity contribution is -0.123. The number of hydrogen-bond donors (Lipinski definition) is 2. The zero-order valence-electron chi connectivity index (χ0n) is 25.4. The van der Waals surface area contributed by atoms with Crippen LogP contribution < -0.4 is 24.6 Å². The highest BCUT2D eigenvalue weighted by molar-refractivity contribution is 9.10. The third-order valence-electron chi connectivity index (χ3n) is 10.0. The molecular weight excluding hydrogens is 702 g/mol. The first-order chi connectivity index (χ1) is 22.7. The first-order valence-corrected chi connectivity index (χ1v) is 17.9. The van der Waals surface area contributed by atoms with Crippen molar-refractivity contribution in [2.45, 2.75) is 29.5 Å². The van der Waals surface area contributed by atoms with E-state index in [1.54, 1.807) is 37.1 Å². The number of halogens is 1. The van der Waals surface area contributed by atoms with E-state index in [4.69, 9.17) is 9.47 Å². The van der Waals surface area contributed by atoms with Gasteiger partial charge in [-0.3, -0.25) is 24.1 Å². The Balaban J connectivity index is 1.09. The van der Waals surface area contributed by atoms with Gasteiger partial charge < -0.3 is 19.8 Å². The number of aromatic amines is 1. The molecule has 0 spiro atoms. The van der Waals surface area contributed by atoms with Crippen molar-refractivity contribution in [3.05, 3.63) is 96.9 Å². The molecule has 240 valence electrons. The molecule has 4 aromatic rings. The second kappa shape index (κ2) is 11.7. The van der Waals surface area contributed by atoms with Gasteiger partial charge in [-0.05, 0) is 90.8 Å². The Morgan fingerprint density at radius 3 is 2.51 bits per heavy atom. The minimum absolute atomic E-state index is 0.0120. The van der Waals surface area contributed by atoms with Crippen molar-refractivity contribution in [1.82, 2.24) is 4.98 Å². The van der Waals surface area contributed by atoms with Gasteiger partial charge in [-0.1, -0.05) is 45.5 Å². The van der Waals surface area contributed by atoms with Crippen molar-refractivity contribution in [2.75, 3.05) is 23.9 Å². The van der Waals surface area contributed by atoms with E-state index < -0.39 is 5.92 Å². The number of aromatic nitrogens is 1. The van der Waals surface area contributed by atoms with Gasteiger partial charge in [-0.2, -0.15) is 0 Å². The van der Waals surface area contributed by atoms with Crippen LogP contribution in [0.2, 0.25) is 0 Å². The highest BCUT2D eigenvalue weighted by Crippen LogP contribution is 2.68. The van der Waals surface area contributed by atoms with E-state index in [0.717, 1.165) is 31.9 Å². The van der Waals surface area contributed by atoms with E-state index >= 15 is 0 Å². The van der Waals surface area contributed by atoms with Crippen LogP contribution in [0.4, 0.5) is 11.4 Å². The topological polar surface area (TPSA) is 118 Å². The number of ether oxygens (including phenoxy) is 2. The van der Waals surface area contributed by atoms with Crippen LogP contribution in [0.15, 0.2) is 81.0 Å². The lowest BCUT2D eigenvalue weighted by Gasteiger charge is -2.43. The van der Waals surface area contributed by atoms with Gasteiger partial charge in [0, 0.05) is 26.2 Å². The maximum Gasteiger partial charge on any atom is 0.305 e. The first kappa shape index (κ1) is 30.5. The molecule has 2 saturated carbocycles. The van der Waals surface area contributed by atoms with Crippen molar-refractivity contribution >= 4 is 68.1 Å². The molecule has 2 aliphatic heterocycles. The van der Waals surface area contributed by atoms with Gasteiger partial charge in [0.2, 0.25) is 11.8 Å². The number of imide groups is 1. The number of carbonyl (C=O) groups excluding carboxylic acids is 3. The summed E-state index contributed by atoms with van der Waals surface area (Å²) in [6.07, 6.45) is 0.799. The average molecular weight is 733 g/mol. The fourth-order valence-electron chi connectivity index (χ4n) is 8.29. The summed E-state index contributed by atoms with van der Waals surface area (Å²) in [6, 6.07) is 20.5. The number of hydrogen-bond acceptors (Lipinski definition) is 8. The summed E-state index contributed by atoms with van der Waals surface area (Å²) in [5, 5.41) is 3.76. The summed E-state index contributed by atoms with van der Waals surface area (Å²) in [4.78, 5) is 58.5. The number of anilines is 2. The molecule has 2 aliphatic carbocycles. The molecule has 3 fully saturated rings. The molecule has 3 heterocycles. The number of thiazole rings is 1. The number of nitrogens with zero attached hydrogens (tertiary/aromatic N) is 1. The highest BCUT2D eigenvalue weighted by atomic mass is 79.9. The molecule has 4 aliphatic rings. The predicted octanol–water partition coefficient (Wildman–Crippen LogP) is 6.21. The second-order valence-corrected chi connectivity index (χ2v) is 15.7. The Labute approximate surface area is 287 Å². The van der Waals surface area contributed by atoms with Gasteiger partial charge in [0.15, 0.2) is 18.1 Å². The molecule has 0 radical (unpaired) electrons. The van der Waals surface area contributed by atoms with Crippen molar-refractivity contribution < 1.29 is 23.9 Å². The molecular formula is C35H30BrN3O6S2. The minimum Gasteiger partial charge on any atom is -0.493 e. The second-order valence-electron chi connectivity index (χ2n) is 12.6. The van der Waals surface area contributed by atoms with Gasteiger partial charge >= 0.3 is 4.87 Å². The molecule has 7 atom stereocenters. The largest absolute Gasteiger partial charge is 0.493 e. The van der Waals surface area contributed by atoms with Crippen LogP contribution in [0, 0.1) is 36.5 Å². The van der Waals surface area contributed by atoms with Gasteiger partial charge in [-0.25, -0.2) is 0 Å². The fourth-order valence-corrected chi connectivity index (χ4v) is 11.4. The molecule has 3 amide bonds. The van der Waals surface area contributed by atoms with Crippen LogP contribution >= 0.6 is 39.0 Å². The maximum absolute atomic E-state index is 14.0. The summed E-state index contributed by atoms with van der Waals surface area (Å²) in [7, 11) is 1.56. The Bertz CT molecular complexity index is 1990. The predicted molar refractivity (Wildman–Crippen MR) is 183 cm³/mol. The summed E-state index contributed by atoms with van der Waals surface area (Å²) < 4.78 is 12.5. The standard InChI is InChI=1S/C35H30BrN3O6S2/c1-16-4-3-5-19(12-16)37-25(40)15-45-23-11-6-17(13-24(23)44-2)26-27-21-14-22(30(27)46-32-31(26)47-35(43)38-32)29-28(21)33(41)39(34(29)42)20-9-7-18(36)8-10-20/h3-13,21-22,26-30H,14-15H2,1-2H3,(H,37,40)(H,38,43)/t21-,22-,26-,27?,28?,29?,30?/m1/s1. The molecule has 9 nitrogen and oxygen atoms in total. The van der Waals surface area contributed by atoms with E-state index in [9.17, 15) is 19.2 Å². The Hall–Kier alpha value is -3.87. The van der Waals surface area contributed by atoms with E-state index in [2.05, 4.69) is 26.2 Å². The minimum atomic E-state index is -0.394. The van der Waals surface area contributed by atoms with Crippen LogP contribution in [0.3, 0.4) is 0 Å². The van der Waals surface area contributed by atoms with Crippen LogP contribution in [0.1, 0.15) is 28.3 Å². The van der Waals surface area contributed by atoms with Gasteiger partial charge in [0.25, 0.3) is 5.91 Å². The van der Waals surface area contributed by atoms with Crippen molar-refractivity contribution in [2.24, 2.45) is 29.6 Å². The number of carbonyl (C=O) groups is 3. The van der Waals surface area contributed by atoms with Crippen LogP contribution in [0.5, 0.6) is 11.5 Å². The number of rotatable bonds is 7. The Morgan fingerprint density at radius 1 is 1.00 bits per heavy atom. The molecule has 1 aromatic heterocycles.